The van der Waals surface area contributed by atoms with Crippen molar-refractivity contribution in [2.75, 3.05) is 17.3 Å². The summed E-state index contributed by atoms with van der Waals surface area (Å²) < 4.78 is 40.9. The predicted molar refractivity (Wildman–Crippen MR) is 122 cm³/mol. The van der Waals surface area contributed by atoms with Crippen LogP contribution in [0.3, 0.4) is 0 Å². The topological polar surface area (TPSA) is 70.4 Å². The standard InChI is InChI=1S/C22H15Cl2F3N4O2/c1-30(14-9-16(23)20(32)17(24)10-14)21(33)31-11-12-8-13(6-7-18(12)29-31)28-19-5-3-2-4-15(19)22(25,26)27/h2-11,28,32H,1H3. The fraction of sp³-hybridized carbons (Fsp3) is 0.0909. The Bertz CT molecular complexity index is 1350. The minimum absolute atomic E-state index is 0.0161. The largest absolute Gasteiger partial charge is 0.505 e. The Hall–Kier alpha value is -3.43. The van der Waals surface area contributed by atoms with E-state index < -0.39 is 17.8 Å². The normalized spacial score (nSPS) is 11.6. The van der Waals surface area contributed by atoms with E-state index in [0.717, 1.165) is 10.7 Å². The zero-order chi connectivity index (χ0) is 23.9. The van der Waals surface area contributed by atoms with Crippen molar-refractivity contribution < 1.29 is 23.1 Å². The maximum atomic E-state index is 13.3. The molecule has 0 unspecified atom stereocenters. The van der Waals surface area contributed by atoms with Gasteiger partial charge in [-0.25, -0.2) is 4.79 Å². The maximum Gasteiger partial charge on any atom is 0.418 e. The van der Waals surface area contributed by atoms with E-state index in [1.165, 1.54) is 48.5 Å². The fourth-order valence-electron chi connectivity index (χ4n) is 3.21. The zero-order valence-corrected chi connectivity index (χ0v) is 18.4. The van der Waals surface area contributed by atoms with Gasteiger partial charge >= 0.3 is 12.2 Å². The lowest BCUT2D eigenvalue weighted by atomic mass is 10.1. The summed E-state index contributed by atoms with van der Waals surface area (Å²) in [6.45, 7) is 0. The number of fused-ring (bicyclic) bond motifs is 1. The third-order valence-corrected chi connectivity index (χ3v) is 5.46. The van der Waals surface area contributed by atoms with E-state index in [4.69, 9.17) is 23.2 Å². The van der Waals surface area contributed by atoms with Crippen molar-refractivity contribution in [2.45, 2.75) is 6.18 Å². The number of carbonyl (C=O) groups excluding carboxylic acids is 1. The number of alkyl halides is 3. The molecule has 170 valence electrons. The second kappa shape index (κ2) is 8.49. The Balaban J connectivity index is 1.62. The van der Waals surface area contributed by atoms with E-state index in [9.17, 15) is 23.1 Å². The molecule has 33 heavy (non-hydrogen) atoms. The third kappa shape index (κ3) is 4.55. The SMILES string of the molecule is CN(C(=O)n1cc2cc(Nc3ccccc3C(F)(F)F)ccc2n1)c1cc(Cl)c(O)c(Cl)c1. The molecule has 1 aromatic heterocycles. The van der Waals surface area contributed by atoms with E-state index in [-0.39, 0.29) is 21.5 Å². The van der Waals surface area contributed by atoms with Gasteiger partial charge in [0.2, 0.25) is 0 Å². The van der Waals surface area contributed by atoms with Gasteiger partial charge in [0.05, 0.1) is 26.8 Å². The highest BCUT2D eigenvalue weighted by Gasteiger charge is 2.33. The summed E-state index contributed by atoms with van der Waals surface area (Å²) in [5.41, 5.74) is 0.320. The molecular weight excluding hydrogens is 480 g/mol. The first-order valence-corrected chi connectivity index (χ1v) is 10.2. The lowest BCUT2D eigenvalue weighted by molar-refractivity contribution is -0.136. The number of aromatic nitrogens is 2. The molecule has 0 spiro atoms. The number of hydrogen-bond donors (Lipinski definition) is 2. The van der Waals surface area contributed by atoms with Gasteiger partial charge in [-0.1, -0.05) is 35.3 Å². The number of phenols is 1. The van der Waals surface area contributed by atoms with Crippen LogP contribution in [0, 0.1) is 0 Å². The Kier molecular flexibility index (Phi) is 5.85. The van der Waals surface area contributed by atoms with Crippen molar-refractivity contribution in [3.05, 3.63) is 76.4 Å². The molecule has 1 amide bonds. The molecule has 1 heterocycles. The minimum Gasteiger partial charge on any atom is -0.505 e. The third-order valence-electron chi connectivity index (χ3n) is 4.89. The number of rotatable bonds is 3. The molecule has 4 aromatic rings. The highest BCUT2D eigenvalue weighted by molar-refractivity contribution is 6.37. The lowest BCUT2D eigenvalue weighted by Crippen LogP contribution is -2.31. The van der Waals surface area contributed by atoms with Crippen LogP contribution in [-0.2, 0) is 6.18 Å². The molecule has 0 saturated carbocycles. The second-order valence-electron chi connectivity index (χ2n) is 7.12. The van der Waals surface area contributed by atoms with E-state index in [0.29, 0.717) is 22.3 Å². The number of hydrogen-bond acceptors (Lipinski definition) is 4. The van der Waals surface area contributed by atoms with E-state index in [1.807, 2.05) is 0 Å². The molecule has 3 aromatic carbocycles. The molecular formula is C22H15Cl2F3N4O2. The molecule has 0 saturated heterocycles. The summed E-state index contributed by atoms with van der Waals surface area (Å²) in [5.74, 6) is -0.292. The van der Waals surface area contributed by atoms with Gasteiger partial charge in [0.25, 0.3) is 0 Å². The summed E-state index contributed by atoms with van der Waals surface area (Å²) in [4.78, 5) is 14.1. The molecule has 2 N–H and O–H groups in total. The first-order chi connectivity index (χ1) is 15.5. The summed E-state index contributed by atoms with van der Waals surface area (Å²) in [6.07, 6.45) is -3.05. The minimum atomic E-state index is -4.50. The lowest BCUT2D eigenvalue weighted by Gasteiger charge is -2.17. The van der Waals surface area contributed by atoms with Gasteiger partial charge in [0.15, 0.2) is 5.75 Å². The first kappa shape index (κ1) is 22.8. The summed E-state index contributed by atoms with van der Waals surface area (Å²) in [6, 6.07) is 12.1. The molecule has 6 nitrogen and oxygen atoms in total. The van der Waals surface area contributed by atoms with Gasteiger partial charge in [-0.3, -0.25) is 4.90 Å². The number of nitrogens with zero attached hydrogens (tertiary/aromatic N) is 3. The van der Waals surface area contributed by atoms with Crippen molar-refractivity contribution in [1.82, 2.24) is 9.78 Å². The number of carbonyl (C=O) groups is 1. The average molecular weight is 495 g/mol. The van der Waals surface area contributed by atoms with Crippen molar-refractivity contribution >= 4 is 57.2 Å². The van der Waals surface area contributed by atoms with Gasteiger partial charge < -0.3 is 10.4 Å². The Labute approximate surface area is 195 Å². The van der Waals surface area contributed by atoms with Crippen LogP contribution in [0.2, 0.25) is 10.0 Å². The van der Waals surface area contributed by atoms with Crippen molar-refractivity contribution in [1.29, 1.82) is 0 Å². The number of amides is 1. The quantitative estimate of drug-likeness (QED) is 0.324. The number of benzene rings is 3. The number of aromatic hydroxyl groups is 1. The van der Waals surface area contributed by atoms with Gasteiger partial charge in [-0.15, -0.1) is 0 Å². The number of phenolic OH excluding ortho intramolecular Hbond substituents is 1. The van der Waals surface area contributed by atoms with Crippen molar-refractivity contribution in [3.8, 4) is 5.75 Å². The molecule has 0 bridgehead atoms. The average Bonchev–Trinajstić information content (AvgIpc) is 3.19. The molecule has 0 aliphatic carbocycles. The molecule has 11 heteroatoms. The number of anilines is 3. The monoisotopic (exact) mass is 494 g/mol. The molecule has 0 aliphatic heterocycles. The van der Waals surface area contributed by atoms with Crippen LogP contribution in [0.15, 0.2) is 60.8 Å². The highest BCUT2D eigenvalue weighted by atomic mass is 35.5. The molecule has 0 radical (unpaired) electrons. The fourth-order valence-corrected chi connectivity index (χ4v) is 3.68. The summed E-state index contributed by atoms with van der Waals surface area (Å²) >= 11 is 11.9. The van der Waals surface area contributed by atoms with Crippen LogP contribution in [0.25, 0.3) is 10.9 Å². The number of para-hydroxylation sites is 1. The van der Waals surface area contributed by atoms with Gasteiger partial charge in [-0.2, -0.15) is 23.0 Å². The smallest absolute Gasteiger partial charge is 0.418 e. The van der Waals surface area contributed by atoms with Gasteiger partial charge in [-0.05, 0) is 42.5 Å². The van der Waals surface area contributed by atoms with Crippen LogP contribution >= 0.6 is 23.2 Å². The first-order valence-electron chi connectivity index (χ1n) is 9.43. The van der Waals surface area contributed by atoms with Crippen LogP contribution < -0.4 is 10.2 Å². The van der Waals surface area contributed by atoms with Crippen LogP contribution in [0.4, 0.5) is 35.0 Å². The van der Waals surface area contributed by atoms with E-state index in [1.54, 1.807) is 18.2 Å². The van der Waals surface area contributed by atoms with Crippen molar-refractivity contribution in [3.63, 3.8) is 0 Å². The molecule has 0 fully saturated rings. The van der Waals surface area contributed by atoms with E-state index >= 15 is 0 Å². The van der Waals surface area contributed by atoms with Crippen LogP contribution in [-0.4, -0.2) is 28.0 Å². The Morgan fingerprint density at radius 2 is 1.76 bits per heavy atom. The molecule has 4 rings (SSSR count). The highest BCUT2D eigenvalue weighted by Crippen LogP contribution is 2.37. The zero-order valence-electron chi connectivity index (χ0n) is 16.9. The Morgan fingerprint density at radius 1 is 1.09 bits per heavy atom. The maximum absolute atomic E-state index is 13.3. The number of halogens is 5. The molecule has 0 atom stereocenters. The summed E-state index contributed by atoms with van der Waals surface area (Å²) in [7, 11) is 1.48. The van der Waals surface area contributed by atoms with E-state index in [2.05, 4.69) is 10.4 Å². The predicted octanol–water partition coefficient (Wildman–Crippen LogP) is 6.92. The van der Waals surface area contributed by atoms with Crippen molar-refractivity contribution in [2.24, 2.45) is 0 Å². The number of nitrogens with one attached hydrogen (secondary N) is 1. The molecule has 0 aliphatic rings. The van der Waals surface area contributed by atoms with Gasteiger partial charge in [0, 0.05) is 30.0 Å². The van der Waals surface area contributed by atoms with Crippen LogP contribution in [0.5, 0.6) is 5.75 Å². The Morgan fingerprint density at radius 3 is 2.42 bits per heavy atom. The van der Waals surface area contributed by atoms with Gasteiger partial charge in [0.1, 0.15) is 0 Å². The summed E-state index contributed by atoms with van der Waals surface area (Å²) in [5, 5.41) is 17.2. The second-order valence-corrected chi connectivity index (χ2v) is 7.93. The van der Waals surface area contributed by atoms with Crippen LogP contribution in [0.1, 0.15) is 5.56 Å².